The van der Waals surface area contributed by atoms with Crippen LogP contribution < -0.4 is 5.32 Å². The summed E-state index contributed by atoms with van der Waals surface area (Å²) in [5, 5.41) is 4.30. The van der Waals surface area contributed by atoms with Crippen molar-refractivity contribution in [3.8, 4) is 11.3 Å². The maximum absolute atomic E-state index is 6.18. The molecule has 3 aromatic rings. The van der Waals surface area contributed by atoms with Crippen molar-refractivity contribution in [1.82, 2.24) is 9.97 Å². The van der Waals surface area contributed by atoms with E-state index in [-0.39, 0.29) is 0 Å². The highest BCUT2D eigenvalue weighted by atomic mass is 35.5. The van der Waals surface area contributed by atoms with E-state index >= 15 is 0 Å². The molecule has 1 atom stereocenters. The zero-order valence-corrected chi connectivity index (χ0v) is 14.0. The van der Waals surface area contributed by atoms with E-state index in [0.717, 1.165) is 27.5 Å². The molecular formula is C18H14ClN3S. The smallest absolute Gasteiger partial charge is 0.227 e. The van der Waals surface area contributed by atoms with Crippen molar-refractivity contribution in [2.75, 3.05) is 5.32 Å². The third-order valence-electron chi connectivity index (χ3n) is 3.79. The number of fused-ring (bicyclic) bond motifs is 3. The van der Waals surface area contributed by atoms with Crippen LogP contribution in [0.15, 0.2) is 59.6 Å². The van der Waals surface area contributed by atoms with Gasteiger partial charge in [-0.1, -0.05) is 29.8 Å². The molecule has 23 heavy (non-hydrogen) atoms. The number of thioether (sulfide) groups is 1. The minimum atomic E-state index is 0.324. The van der Waals surface area contributed by atoms with Crippen LogP contribution in [0.4, 0.5) is 11.6 Å². The molecule has 1 unspecified atom stereocenters. The Morgan fingerprint density at radius 2 is 1.96 bits per heavy atom. The normalized spacial score (nSPS) is 15.7. The summed E-state index contributed by atoms with van der Waals surface area (Å²) in [5.74, 6) is 0.597. The molecule has 1 N–H and O–H groups in total. The number of aromatic nitrogens is 2. The fraction of sp³-hybridized carbons (Fsp3) is 0.111. The quantitative estimate of drug-likeness (QED) is 0.649. The minimum absolute atomic E-state index is 0.324. The summed E-state index contributed by atoms with van der Waals surface area (Å²) < 4.78 is 0. The molecule has 4 rings (SSSR count). The number of para-hydroxylation sites is 1. The van der Waals surface area contributed by atoms with Crippen LogP contribution in [0.1, 0.15) is 17.7 Å². The number of hydrogen-bond acceptors (Lipinski definition) is 4. The Hall–Kier alpha value is -2.04. The number of rotatable bonds is 2. The fourth-order valence-electron chi connectivity index (χ4n) is 2.66. The third-order valence-corrected chi connectivity index (χ3v) is 5.24. The molecule has 1 aliphatic heterocycles. The average molecular weight is 340 g/mol. The van der Waals surface area contributed by atoms with E-state index in [1.807, 2.05) is 60.4 Å². The first kappa shape index (κ1) is 14.5. The zero-order valence-electron chi connectivity index (χ0n) is 12.5. The second kappa shape index (κ2) is 5.87. The van der Waals surface area contributed by atoms with Crippen LogP contribution in [-0.4, -0.2) is 9.97 Å². The van der Waals surface area contributed by atoms with Gasteiger partial charge in [-0.3, -0.25) is 0 Å². The Balaban J connectivity index is 1.79. The summed E-state index contributed by atoms with van der Waals surface area (Å²) in [5.41, 5.74) is 4.15. The topological polar surface area (TPSA) is 37.8 Å². The number of nitrogens with zero attached hydrogens (tertiary/aromatic N) is 2. The lowest BCUT2D eigenvalue weighted by Crippen LogP contribution is -2.06. The van der Waals surface area contributed by atoms with Gasteiger partial charge in [-0.05, 0) is 37.3 Å². The Bertz CT molecular complexity index is 867. The predicted octanol–water partition coefficient (Wildman–Crippen LogP) is 5.71. The van der Waals surface area contributed by atoms with Gasteiger partial charge in [0.25, 0.3) is 0 Å². The summed E-state index contributed by atoms with van der Waals surface area (Å²) in [7, 11) is 0. The Morgan fingerprint density at radius 3 is 2.78 bits per heavy atom. The van der Waals surface area contributed by atoms with Crippen LogP contribution in [0.3, 0.4) is 0 Å². The maximum Gasteiger partial charge on any atom is 0.227 e. The molecule has 0 amide bonds. The number of benzene rings is 2. The Kier molecular flexibility index (Phi) is 3.71. The highest BCUT2D eigenvalue weighted by molar-refractivity contribution is 7.99. The second-order valence-corrected chi connectivity index (χ2v) is 7.21. The first-order valence-corrected chi connectivity index (χ1v) is 8.62. The first-order chi connectivity index (χ1) is 11.2. The molecule has 0 saturated heterocycles. The molecule has 0 aliphatic carbocycles. The van der Waals surface area contributed by atoms with Gasteiger partial charge in [0.05, 0.1) is 5.69 Å². The van der Waals surface area contributed by atoms with Gasteiger partial charge < -0.3 is 5.32 Å². The number of hydrogen-bond donors (Lipinski definition) is 1. The van der Waals surface area contributed by atoms with E-state index in [9.17, 15) is 0 Å². The molecule has 114 valence electrons. The maximum atomic E-state index is 6.18. The van der Waals surface area contributed by atoms with Crippen LogP contribution in [0.5, 0.6) is 0 Å². The van der Waals surface area contributed by atoms with E-state index in [1.54, 1.807) is 0 Å². The standard InChI is InChI=1S/C18H14ClN3S/c1-11-15-10-20-18(21-13-5-3-2-4-6-13)22-17(15)14-9-12(19)7-8-16(14)23-11/h2-11H,1H3,(H,20,21,22). The number of anilines is 2. The van der Waals surface area contributed by atoms with Gasteiger partial charge in [0.1, 0.15) is 0 Å². The second-order valence-electron chi connectivity index (χ2n) is 5.39. The highest BCUT2D eigenvalue weighted by Gasteiger charge is 2.24. The van der Waals surface area contributed by atoms with Gasteiger partial charge in [-0.25, -0.2) is 9.97 Å². The molecule has 0 bridgehead atoms. The molecule has 0 radical (unpaired) electrons. The Morgan fingerprint density at radius 1 is 1.13 bits per heavy atom. The molecule has 0 saturated carbocycles. The summed E-state index contributed by atoms with van der Waals surface area (Å²) in [6.45, 7) is 2.18. The largest absolute Gasteiger partial charge is 0.324 e. The Labute approximate surface area is 144 Å². The van der Waals surface area contributed by atoms with Crippen molar-refractivity contribution in [1.29, 1.82) is 0 Å². The lowest BCUT2D eigenvalue weighted by atomic mass is 10.0. The molecule has 2 aromatic carbocycles. The zero-order chi connectivity index (χ0) is 15.8. The van der Waals surface area contributed by atoms with Crippen molar-refractivity contribution >= 4 is 35.0 Å². The van der Waals surface area contributed by atoms with E-state index in [4.69, 9.17) is 16.6 Å². The van der Waals surface area contributed by atoms with Gasteiger partial charge in [-0.2, -0.15) is 0 Å². The van der Waals surface area contributed by atoms with Crippen LogP contribution >= 0.6 is 23.4 Å². The molecule has 1 aliphatic rings. The summed E-state index contributed by atoms with van der Waals surface area (Å²) in [6, 6.07) is 15.9. The molecule has 2 heterocycles. The van der Waals surface area contributed by atoms with Gasteiger partial charge in [0, 0.05) is 38.2 Å². The van der Waals surface area contributed by atoms with Crippen LogP contribution in [0, 0.1) is 0 Å². The van der Waals surface area contributed by atoms with E-state index in [0.29, 0.717) is 11.2 Å². The van der Waals surface area contributed by atoms with Crippen LogP contribution in [0.25, 0.3) is 11.3 Å². The van der Waals surface area contributed by atoms with Crippen LogP contribution in [0.2, 0.25) is 5.02 Å². The lowest BCUT2D eigenvalue weighted by Gasteiger charge is -2.24. The SMILES string of the molecule is CC1Sc2ccc(Cl)cc2-c2nc(Nc3ccccc3)ncc21. The van der Waals surface area contributed by atoms with Crippen molar-refractivity contribution in [2.24, 2.45) is 0 Å². The lowest BCUT2D eigenvalue weighted by molar-refractivity contribution is 1.01. The first-order valence-electron chi connectivity index (χ1n) is 7.36. The van der Waals surface area contributed by atoms with Gasteiger partial charge in [0.2, 0.25) is 5.95 Å². The van der Waals surface area contributed by atoms with E-state index in [2.05, 4.69) is 23.3 Å². The summed E-state index contributed by atoms with van der Waals surface area (Å²) in [6.07, 6.45) is 1.91. The predicted molar refractivity (Wildman–Crippen MR) is 96.5 cm³/mol. The third kappa shape index (κ3) is 2.80. The molecule has 3 nitrogen and oxygen atoms in total. The van der Waals surface area contributed by atoms with Crippen molar-refractivity contribution in [2.45, 2.75) is 17.1 Å². The minimum Gasteiger partial charge on any atom is -0.324 e. The number of halogens is 1. The van der Waals surface area contributed by atoms with Crippen molar-refractivity contribution in [3.05, 3.63) is 65.3 Å². The van der Waals surface area contributed by atoms with Gasteiger partial charge in [-0.15, -0.1) is 11.8 Å². The van der Waals surface area contributed by atoms with Gasteiger partial charge >= 0.3 is 0 Å². The molecular weight excluding hydrogens is 326 g/mol. The highest BCUT2D eigenvalue weighted by Crippen LogP contribution is 2.48. The summed E-state index contributed by atoms with van der Waals surface area (Å²) >= 11 is 7.99. The van der Waals surface area contributed by atoms with E-state index < -0.39 is 0 Å². The molecule has 5 heteroatoms. The molecule has 1 aromatic heterocycles. The summed E-state index contributed by atoms with van der Waals surface area (Å²) in [4.78, 5) is 10.4. The molecule has 0 fully saturated rings. The monoisotopic (exact) mass is 339 g/mol. The number of nitrogens with one attached hydrogen (secondary N) is 1. The van der Waals surface area contributed by atoms with Crippen molar-refractivity contribution in [3.63, 3.8) is 0 Å². The van der Waals surface area contributed by atoms with Gasteiger partial charge in [0.15, 0.2) is 0 Å². The van der Waals surface area contributed by atoms with E-state index in [1.165, 1.54) is 4.90 Å². The average Bonchev–Trinajstić information content (AvgIpc) is 2.57. The fourth-order valence-corrected chi connectivity index (χ4v) is 3.94. The van der Waals surface area contributed by atoms with Crippen LogP contribution in [-0.2, 0) is 0 Å². The molecule has 0 spiro atoms. The van der Waals surface area contributed by atoms with Crippen molar-refractivity contribution < 1.29 is 0 Å².